The fourth-order valence-corrected chi connectivity index (χ4v) is 4.49. The van der Waals surface area contributed by atoms with Crippen molar-refractivity contribution in [2.45, 2.75) is 39.3 Å². The summed E-state index contributed by atoms with van der Waals surface area (Å²) >= 11 is 0. The lowest BCUT2D eigenvalue weighted by Crippen LogP contribution is -2.48. The van der Waals surface area contributed by atoms with Crippen LogP contribution in [0.25, 0.3) is 0 Å². The molecular weight excluding hydrogens is 378 g/mol. The molecule has 0 saturated carbocycles. The topological polar surface area (TPSA) is 77.6 Å². The number of nitrogens with zero attached hydrogens (tertiary/aromatic N) is 3. The standard InChI is InChI=1S/C23H29N5O2/c1-16-6-7-19(15-24-16)26-23(30)25-14-18-4-3-5-21-20(18)8-9-22(21)28-12-10-27(11-13-28)17(2)29/h3-7,15,22H,8-14H2,1-2H3,(H2,25,26,30). The largest absolute Gasteiger partial charge is 0.340 e. The molecular formula is C23H29N5O2. The number of urea groups is 1. The maximum atomic E-state index is 12.3. The zero-order chi connectivity index (χ0) is 21.1. The Labute approximate surface area is 177 Å². The molecule has 7 nitrogen and oxygen atoms in total. The number of carbonyl (C=O) groups is 2. The number of piperazine rings is 1. The molecule has 0 spiro atoms. The van der Waals surface area contributed by atoms with E-state index in [2.05, 4.69) is 38.7 Å². The molecule has 2 aliphatic rings. The molecule has 1 unspecified atom stereocenters. The van der Waals surface area contributed by atoms with Crippen molar-refractivity contribution in [3.63, 3.8) is 0 Å². The first kappa shape index (κ1) is 20.3. The summed E-state index contributed by atoms with van der Waals surface area (Å²) in [5.74, 6) is 0.162. The van der Waals surface area contributed by atoms with Crippen LogP contribution in [0.15, 0.2) is 36.5 Å². The number of rotatable bonds is 4. The Kier molecular flexibility index (Phi) is 5.99. The Morgan fingerprint density at radius 3 is 2.63 bits per heavy atom. The summed E-state index contributed by atoms with van der Waals surface area (Å²) in [6, 6.07) is 10.3. The van der Waals surface area contributed by atoms with Gasteiger partial charge in [-0.15, -0.1) is 0 Å². The maximum absolute atomic E-state index is 12.3. The molecule has 1 aliphatic heterocycles. The zero-order valence-electron chi connectivity index (χ0n) is 17.6. The minimum absolute atomic E-state index is 0.162. The summed E-state index contributed by atoms with van der Waals surface area (Å²) in [5, 5.41) is 5.80. The van der Waals surface area contributed by atoms with Gasteiger partial charge in [-0.1, -0.05) is 18.2 Å². The number of fused-ring (bicyclic) bond motifs is 1. The number of carbonyl (C=O) groups excluding carboxylic acids is 2. The van der Waals surface area contributed by atoms with Gasteiger partial charge >= 0.3 is 6.03 Å². The van der Waals surface area contributed by atoms with E-state index in [0.717, 1.165) is 44.7 Å². The Bertz CT molecular complexity index is 920. The van der Waals surface area contributed by atoms with E-state index in [1.807, 2.05) is 24.0 Å². The first-order chi connectivity index (χ1) is 14.5. The number of hydrogen-bond donors (Lipinski definition) is 2. The van der Waals surface area contributed by atoms with Gasteiger partial charge in [-0.05, 0) is 48.6 Å². The van der Waals surface area contributed by atoms with Gasteiger partial charge in [0.15, 0.2) is 0 Å². The van der Waals surface area contributed by atoms with E-state index in [1.54, 1.807) is 13.1 Å². The van der Waals surface area contributed by atoms with E-state index in [9.17, 15) is 9.59 Å². The van der Waals surface area contributed by atoms with Crippen molar-refractivity contribution >= 4 is 17.6 Å². The number of aryl methyl sites for hydroxylation is 1. The van der Waals surface area contributed by atoms with Crippen LogP contribution in [0.3, 0.4) is 0 Å². The molecule has 2 aromatic rings. The van der Waals surface area contributed by atoms with Crippen molar-refractivity contribution in [1.29, 1.82) is 0 Å². The van der Waals surface area contributed by atoms with Crippen molar-refractivity contribution in [3.05, 3.63) is 58.9 Å². The second kappa shape index (κ2) is 8.83. The molecule has 1 saturated heterocycles. The molecule has 1 aromatic heterocycles. The number of nitrogens with one attached hydrogen (secondary N) is 2. The Balaban J connectivity index is 1.37. The minimum atomic E-state index is -0.229. The predicted octanol–water partition coefficient (Wildman–Crippen LogP) is 2.86. The summed E-state index contributed by atoms with van der Waals surface area (Å²) in [7, 11) is 0. The van der Waals surface area contributed by atoms with E-state index in [4.69, 9.17) is 0 Å². The van der Waals surface area contributed by atoms with Gasteiger partial charge in [0.2, 0.25) is 5.91 Å². The lowest BCUT2D eigenvalue weighted by atomic mass is 10.0. The Morgan fingerprint density at radius 2 is 1.93 bits per heavy atom. The van der Waals surface area contributed by atoms with Crippen LogP contribution in [0.5, 0.6) is 0 Å². The molecule has 3 amide bonds. The average Bonchev–Trinajstić information content (AvgIpc) is 3.19. The van der Waals surface area contributed by atoms with E-state index in [0.29, 0.717) is 18.3 Å². The molecule has 158 valence electrons. The third-order valence-corrected chi connectivity index (χ3v) is 6.15. The van der Waals surface area contributed by atoms with Gasteiger partial charge in [-0.25, -0.2) is 4.79 Å². The molecule has 30 heavy (non-hydrogen) atoms. The highest BCUT2D eigenvalue weighted by atomic mass is 16.2. The highest BCUT2D eigenvalue weighted by Crippen LogP contribution is 2.37. The summed E-state index contributed by atoms with van der Waals surface area (Å²) in [5.41, 5.74) is 5.50. The molecule has 4 rings (SSSR count). The zero-order valence-corrected chi connectivity index (χ0v) is 17.6. The van der Waals surface area contributed by atoms with Gasteiger partial charge in [-0.3, -0.25) is 14.7 Å². The predicted molar refractivity (Wildman–Crippen MR) is 116 cm³/mol. The van der Waals surface area contributed by atoms with Crippen molar-refractivity contribution in [2.75, 3.05) is 31.5 Å². The van der Waals surface area contributed by atoms with Gasteiger partial charge in [0, 0.05) is 51.4 Å². The quantitative estimate of drug-likeness (QED) is 0.817. The van der Waals surface area contributed by atoms with Gasteiger partial charge in [0.05, 0.1) is 11.9 Å². The third kappa shape index (κ3) is 4.46. The van der Waals surface area contributed by atoms with Crippen LogP contribution in [-0.2, 0) is 17.8 Å². The second-order valence-electron chi connectivity index (χ2n) is 8.08. The Morgan fingerprint density at radius 1 is 1.13 bits per heavy atom. The normalized spacial score (nSPS) is 18.7. The van der Waals surface area contributed by atoms with Crippen LogP contribution < -0.4 is 10.6 Å². The van der Waals surface area contributed by atoms with Gasteiger partial charge in [0.25, 0.3) is 0 Å². The van der Waals surface area contributed by atoms with Crippen LogP contribution in [0, 0.1) is 6.92 Å². The number of pyridine rings is 1. The highest BCUT2D eigenvalue weighted by Gasteiger charge is 2.31. The second-order valence-corrected chi connectivity index (χ2v) is 8.08. The van der Waals surface area contributed by atoms with E-state index in [-0.39, 0.29) is 11.9 Å². The Hall–Kier alpha value is -2.93. The molecule has 1 atom stereocenters. The van der Waals surface area contributed by atoms with Crippen LogP contribution >= 0.6 is 0 Å². The molecule has 7 heteroatoms. The van der Waals surface area contributed by atoms with Crippen molar-refractivity contribution in [3.8, 4) is 0 Å². The monoisotopic (exact) mass is 407 g/mol. The SMILES string of the molecule is CC(=O)N1CCN(C2CCc3c(CNC(=O)Nc4ccc(C)nc4)cccc32)CC1. The first-order valence-electron chi connectivity index (χ1n) is 10.6. The molecule has 1 aliphatic carbocycles. The third-order valence-electron chi connectivity index (χ3n) is 6.15. The highest BCUT2D eigenvalue weighted by molar-refractivity contribution is 5.89. The smallest absolute Gasteiger partial charge is 0.319 e. The molecule has 1 fully saturated rings. The van der Waals surface area contributed by atoms with Crippen molar-refractivity contribution < 1.29 is 9.59 Å². The maximum Gasteiger partial charge on any atom is 0.319 e. The van der Waals surface area contributed by atoms with E-state index in [1.165, 1.54) is 16.7 Å². The summed E-state index contributed by atoms with van der Waals surface area (Å²) in [4.78, 5) is 32.5. The van der Waals surface area contributed by atoms with Crippen molar-refractivity contribution in [1.82, 2.24) is 20.1 Å². The number of anilines is 1. The number of benzene rings is 1. The number of hydrogen-bond acceptors (Lipinski definition) is 4. The van der Waals surface area contributed by atoms with Gasteiger partial charge in [0.1, 0.15) is 0 Å². The summed E-state index contributed by atoms with van der Waals surface area (Å²) in [6.07, 6.45) is 3.77. The lowest BCUT2D eigenvalue weighted by Gasteiger charge is -2.38. The van der Waals surface area contributed by atoms with Crippen LogP contribution in [0.4, 0.5) is 10.5 Å². The molecule has 1 aromatic carbocycles. The molecule has 0 radical (unpaired) electrons. The summed E-state index contributed by atoms with van der Waals surface area (Å²) < 4.78 is 0. The van der Waals surface area contributed by atoms with Gasteiger partial charge < -0.3 is 15.5 Å². The lowest BCUT2D eigenvalue weighted by molar-refractivity contribution is -0.130. The minimum Gasteiger partial charge on any atom is -0.340 e. The first-order valence-corrected chi connectivity index (χ1v) is 10.6. The number of amides is 3. The fourth-order valence-electron chi connectivity index (χ4n) is 4.49. The fraction of sp³-hybridized carbons (Fsp3) is 0.435. The van der Waals surface area contributed by atoms with Crippen molar-refractivity contribution in [2.24, 2.45) is 0 Å². The van der Waals surface area contributed by atoms with Crippen LogP contribution in [-0.4, -0.2) is 52.9 Å². The van der Waals surface area contributed by atoms with Crippen LogP contribution in [0.1, 0.15) is 41.8 Å². The molecule has 0 bridgehead atoms. The average molecular weight is 408 g/mol. The van der Waals surface area contributed by atoms with Gasteiger partial charge in [-0.2, -0.15) is 0 Å². The van der Waals surface area contributed by atoms with E-state index < -0.39 is 0 Å². The van der Waals surface area contributed by atoms with Crippen LogP contribution in [0.2, 0.25) is 0 Å². The van der Waals surface area contributed by atoms with E-state index >= 15 is 0 Å². The summed E-state index contributed by atoms with van der Waals surface area (Å²) in [6.45, 7) is 7.49. The number of aromatic nitrogens is 1. The molecule has 2 heterocycles. The molecule has 2 N–H and O–H groups in total.